The maximum atomic E-state index is 5.74. The van der Waals surface area contributed by atoms with Gasteiger partial charge in [-0.1, -0.05) is 19.9 Å². The molecule has 1 heterocycles. The first-order valence-corrected chi connectivity index (χ1v) is 5.35. The van der Waals surface area contributed by atoms with Crippen LogP contribution in [0.4, 0.5) is 0 Å². The molecule has 3 heteroatoms. The van der Waals surface area contributed by atoms with E-state index in [1.165, 1.54) is 0 Å². The smallest absolute Gasteiger partial charge is 0.212 e. The highest BCUT2D eigenvalue weighted by Gasteiger charge is 2.04. The van der Waals surface area contributed by atoms with Gasteiger partial charge in [-0.25, -0.2) is 4.99 Å². The lowest BCUT2D eigenvalue weighted by Crippen LogP contribution is -1.95. The molecule has 0 aliphatic carbocycles. The summed E-state index contributed by atoms with van der Waals surface area (Å²) in [6.07, 6.45) is 4.74. The first kappa shape index (κ1) is 13.2. The van der Waals surface area contributed by atoms with Crippen LogP contribution in [-0.2, 0) is 4.74 Å². The summed E-state index contributed by atoms with van der Waals surface area (Å²) >= 11 is 5.74. The molecular formula is C11H18ClNO. The number of ether oxygens (including phenoxy) is 1. The van der Waals surface area contributed by atoms with Crippen molar-refractivity contribution < 1.29 is 4.74 Å². The molecule has 0 radical (unpaired) electrons. The first-order chi connectivity index (χ1) is 6.77. The fourth-order valence-electron chi connectivity index (χ4n) is 0.996. The number of hydrogen-bond donors (Lipinski definition) is 0. The van der Waals surface area contributed by atoms with E-state index in [-0.39, 0.29) is 0 Å². The van der Waals surface area contributed by atoms with Crippen LogP contribution in [0.1, 0.15) is 27.2 Å². The van der Waals surface area contributed by atoms with Gasteiger partial charge in [0, 0.05) is 11.6 Å². The average molecular weight is 216 g/mol. The minimum absolute atomic E-state index is 0.538. The van der Waals surface area contributed by atoms with E-state index < -0.39 is 0 Å². The number of aliphatic imine (C=N–C) groups is 1. The van der Waals surface area contributed by atoms with Gasteiger partial charge < -0.3 is 4.74 Å². The number of halogens is 1. The number of hydrogen-bond acceptors (Lipinski definition) is 2. The molecule has 14 heavy (non-hydrogen) atoms. The molecule has 1 rings (SSSR count). The van der Waals surface area contributed by atoms with Crippen molar-refractivity contribution in [3.63, 3.8) is 0 Å². The van der Waals surface area contributed by atoms with Gasteiger partial charge in [-0.05, 0) is 25.0 Å². The van der Waals surface area contributed by atoms with Crippen molar-refractivity contribution in [1.29, 1.82) is 0 Å². The molecule has 0 unspecified atom stereocenters. The molecule has 0 bridgehead atoms. The molecule has 0 spiro atoms. The molecule has 2 nitrogen and oxygen atoms in total. The molecule has 0 amide bonds. The molecule has 0 atom stereocenters. The summed E-state index contributed by atoms with van der Waals surface area (Å²) in [5.74, 6) is 1.18. The first-order valence-electron chi connectivity index (χ1n) is 4.81. The number of alkyl halides is 1. The molecule has 0 saturated carbocycles. The molecule has 0 N–H and O–H groups in total. The number of allylic oxidation sites excluding steroid dienone is 3. The maximum Gasteiger partial charge on any atom is 0.212 e. The Kier molecular flexibility index (Phi) is 7.21. The molecule has 0 fully saturated rings. The van der Waals surface area contributed by atoms with Crippen LogP contribution in [0, 0.1) is 0 Å². The SMILES string of the molecule is CC.COC1=NC(C)=C(CCl)CC=C1. The van der Waals surface area contributed by atoms with Crippen LogP contribution in [-0.4, -0.2) is 18.9 Å². The van der Waals surface area contributed by atoms with Crippen molar-refractivity contribution in [1.82, 2.24) is 0 Å². The van der Waals surface area contributed by atoms with Gasteiger partial charge in [0.1, 0.15) is 0 Å². The number of nitrogens with zero attached hydrogens (tertiary/aromatic N) is 1. The number of rotatable bonds is 1. The molecular weight excluding hydrogens is 198 g/mol. The van der Waals surface area contributed by atoms with Crippen molar-refractivity contribution in [2.45, 2.75) is 27.2 Å². The summed E-state index contributed by atoms with van der Waals surface area (Å²) in [6.45, 7) is 5.95. The highest BCUT2D eigenvalue weighted by atomic mass is 35.5. The van der Waals surface area contributed by atoms with Gasteiger partial charge in [-0.15, -0.1) is 11.6 Å². The van der Waals surface area contributed by atoms with Crippen LogP contribution < -0.4 is 0 Å². The molecule has 0 aromatic heterocycles. The second-order valence-electron chi connectivity index (χ2n) is 2.58. The highest BCUT2D eigenvalue weighted by molar-refractivity contribution is 6.19. The van der Waals surface area contributed by atoms with E-state index in [4.69, 9.17) is 16.3 Å². The lowest BCUT2D eigenvalue weighted by molar-refractivity contribution is 0.406. The van der Waals surface area contributed by atoms with Crippen LogP contribution in [0.25, 0.3) is 0 Å². The van der Waals surface area contributed by atoms with Gasteiger partial charge >= 0.3 is 0 Å². The third kappa shape index (κ3) is 3.97. The summed E-state index contributed by atoms with van der Waals surface area (Å²) in [5, 5.41) is 0. The largest absolute Gasteiger partial charge is 0.481 e. The Labute approximate surface area is 91.3 Å². The zero-order valence-corrected chi connectivity index (χ0v) is 10.1. The lowest BCUT2D eigenvalue weighted by Gasteiger charge is -2.00. The predicted octanol–water partition coefficient (Wildman–Crippen LogP) is 3.53. The second kappa shape index (κ2) is 7.63. The lowest BCUT2D eigenvalue weighted by atomic mass is 10.2. The molecule has 80 valence electrons. The number of methoxy groups -OCH3 is 1. The Morgan fingerprint density at radius 2 is 2.14 bits per heavy atom. The van der Waals surface area contributed by atoms with E-state index in [0.29, 0.717) is 11.8 Å². The average Bonchev–Trinajstić information content (AvgIpc) is 2.42. The maximum absolute atomic E-state index is 5.74. The fraction of sp³-hybridized carbons (Fsp3) is 0.545. The van der Waals surface area contributed by atoms with Crippen molar-refractivity contribution in [3.05, 3.63) is 23.4 Å². The van der Waals surface area contributed by atoms with E-state index in [1.807, 2.05) is 32.9 Å². The van der Waals surface area contributed by atoms with Crippen LogP contribution in [0.3, 0.4) is 0 Å². The van der Waals surface area contributed by atoms with E-state index >= 15 is 0 Å². The van der Waals surface area contributed by atoms with E-state index in [2.05, 4.69) is 4.99 Å². The Morgan fingerprint density at radius 1 is 1.50 bits per heavy atom. The van der Waals surface area contributed by atoms with Crippen LogP contribution >= 0.6 is 11.6 Å². The third-order valence-corrected chi connectivity index (χ3v) is 2.11. The van der Waals surface area contributed by atoms with Crippen molar-refractivity contribution in [2.75, 3.05) is 13.0 Å². The van der Waals surface area contributed by atoms with Crippen molar-refractivity contribution >= 4 is 17.5 Å². The summed E-state index contributed by atoms with van der Waals surface area (Å²) in [7, 11) is 1.61. The Morgan fingerprint density at radius 3 is 2.64 bits per heavy atom. The van der Waals surface area contributed by atoms with Gasteiger partial charge in [0.25, 0.3) is 0 Å². The molecule has 1 aliphatic rings. The van der Waals surface area contributed by atoms with Crippen molar-refractivity contribution in [3.8, 4) is 0 Å². The highest BCUT2D eigenvalue weighted by Crippen LogP contribution is 2.15. The van der Waals surface area contributed by atoms with Crippen LogP contribution in [0.2, 0.25) is 0 Å². The molecule has 0 aromatic rings. The molecule has 0 saturated heterocycles. The normalized spacial score (nSPS) is 15.4. The summed E-state index contributed by atoms with van der Waals surface area (Å²) in [6, 6.07) is 0. The second-order valence-corrected chi connectivity index (χ2v) is 2.85. The van der Waals surface area contributed by atoms with Gasteiger partial charge in [0.05, 0.1) is 7.11 Å². The summed E-state index contributed by atoms with van der Waals surface area (Å²) < 4.78 is 5.02. The van der Waals surface area contributed by atoms with Crippen molar-refractivity contribution in [2.24, 2.45) is 4.99 Å². The fourth-order valence-corrected chi connectivity index (χ4v) is 1.30. The van der Waals surface area contributed by atoms with Crippen LogP contribution in [0.15, 0.2) is 28.4 Å². The van der Waals surface area contributed by atoms with E-state index in [9.17, 15) is 0 Å². The zero-order valence-electron chi connectivity index (χ0n) is 9.30. The molecule has 1 aliphatic heterocycles. The topological polar surface area (TPSA) is 21.6 Å². The quantitative estimate of drug-likeness (QED) is 0.614. The monoisotopic (exact) mass is 215 g/mol. The van der Waals surface area contributed by atoms with Crippen LogP contribution in [0.5, 0.6) is 0 Å². The van der Waals surface area contributed by atoms with Gasteiger partial charge in [0.15, 0.2) is 0 Å². The minimum Gasteiger partial charge on any atom is -0.481 e. The molecule has 0 aromatic carbocycles. The Balaban J connectivity index is 0.000000791. The standard InChI is InChI=1S/C9H12ClNO.C2H6/c1-7-8(6-10)4-3-5-9(11-7)12-2;1-2/h3,5H,4,6H2,1-2H3;1-2H3. The van der Waals surface area contributed by atoms with Gasteiger partial charge in [-0.3, -0.25) is 0 Å². The van der Waals surface area contributed by atoms with E-state index in [0.717, 1.165) is 17.7 Å². The summed E-state index contributed by atoms with van der Waals surface area (Å²) in [4.78, 5) is 4.25. The summed E-state index contributed by atoms with van der Waals surface area (Å²) in [5.41, 5.74) is 2.12. The van der Waals surface area contributed by atoms with Gasteiger partial charge in [-0.2, -0.15) is 0 Å². The van der Waals surface area contributed by atoms with E-state index in [1.54, 1.807) is 7.11 Å². The Bertz CT molecular complexity index is 254. The Hall–Kier alpha value is -0.760. The third-order valence-electron chi connectivity index (χ3n) is 1.78. The zero-order chi connectivity index (χ0) is 11.0. The minimum atomic E-state index is 0.538. The van der Waals surface area contributed by atoms with Gasteiger partial charge in [0.2, 0.25) is 5.90 Å². The predicted molar refractivity (Wildman–Crippen MR) is 63.0 cm³/mol.